The number of nitrogens with one attached hydrogen (secondary N) is 2. The lowest BCUT2D eigenvalue weighted by Gasteiger charge is -2.33. The van der Waals surface area contributed by atoms with Crippen molar-refractivity contribution in [2.24, 2.45) is 5.41 Å². The van der Waals surface area contributed by atoms with Gasteiger partial charge >= 0.3 is 0 Å². The fourth-order valence-corrected chi connectivity index (χ4v) is 4.25. The fourth-order valence-electron chi connectivity index (χ4n) is 3.90. The van der Waals surface area contributed by atoms with Gasteiger partial charge in [-0.3, -0.25) is 9.59 Å². The van der Waals surface area contributed by atoms with Crippen LogP contribution in [0.3, 0.4) is 0 Å². The second kappa shape index (κ2) is 8.86. The topological polar surface area (TPSA) is 61.4 Å². The van der Waals surface area contributed by atoms with E-state index in [1.54, 1.807) is 0 Å². The molecule has 0 saturated carbocycles. The Morgan fingerprint density at radius 2 is 1.93 bits per heavy atom. The van der Waals surface area contributed by atoms with Crippen molar-refractivity contribution in [2.75, 3.05) is 25.0 Å². The summed E-state index contributed by atoms with van der Waals surface area (Å²) in [5.41, 5.74) is 2.32. The van der Waals surface area contributed by atoms with Gasteiger partial charge in [0.05, 0.1) is 5.57 Å². The van der Waals surface area contributed by atoms with Gasteiger partial charge in [-0.2, -0.15) is 0 Å². The maximum absolute atomic E-state index is 12.9. The van der Waals surface area contributed by atoms with Crippen molar-refractivity contribution in [3.05, 3.63) is 41.6 Å². The quantitative estimate of drug-likeness (QED) is 0.541. The maximum atomic E-state index is 12.9. The molecule has 1 heterocycles. The van der Waals surface area contributed by atoms with Gasteiger partial charge in [0.25, 0.3) is 0 Å². The van der Waals surface area contributed by atoms with Crippen LogP contribution in [0.1, 0.15) is 46.0 Å². The van der Waals surface area contributed by atoms with Crippen LogP contribution in [0.5, 0.6) is 0 Å². The number of allylic oxidation sites excluding steroid dienone is 1. The van der Waals surface area contributed by atoms with E-state index in [0.717, 1.165) is 50.3 Å². The number of amides is 1. The summed E-state index contributed by atoms with van der Waals surface area (Å²) in [7, 11) is 0. The summed E-state index contributed by atoms with van der Waals surface area (Å²) in [4.78, 5) is 27.0. The SMILES string of the molecule is CC1(C)CC(=O)C(C(=S)Nc2ccccc2)=C(NCCCN2CCCC2=O)C1. The molecule has 0 aromatic heterocycles. The van der Waals surface area contributed by atoms with Gasteiger partial charge < -0.3 is 15.5 Å². The van der Waals surface area contributed by atoms with Gasteiger partial charge in [-0.15, -0.1) is 0 Å². The van der Waals surface area contributed by atoms with Crippen LogP contribution in [-0.2, 0) is 9.59 Å². The van der Waals surface area contributed by atoms with Crippen LogP contribution in [0.25, 0.3) is 0 Å². The molecule has 6 heteroatoms. The molecule has 1 aromatic rings. The van der Waals surface area contributed by atoms with Crippen molar-refractivity contribution in [1.82, 2.24) is 10.2 Å². The lowest BCUT2D eigenvalue weighted by Crippen LogP contribution is -2.36. The third kappa shape index (κ3) is 5.19. The van der Waals surface area contributed by atoms with Gasteiger partial charge in [0, 0.05) is 43.9 Å². The van der Waals surface area contributed by atoms with Crippen LogP contribution < -0.4 is 10.6 Å². The Morgan fingerprint density at radius 1 is 1.18 bits per heavy atom. The van der Waals surface area contributed by atoms with Crippen LogP contribution in [0.15, 0.2) is 41.6 Å². The fraction of sp³-hybridized carbons (Fsp3) is 0.500. The zero-order valence-corrected chi connectivity index (χ0v) is 17.5. The molecule has 2 N–H and O–H groups in total. The Balaban J connectivity index is 1.68. The average molecular weight is 400 g/mol. The monoisotopic (exact) mass is 399 g/mol. The first-order valence-corrected chi connectivity index (χ1v) is 10.4. The molecule has 1 aliphatic carbocycles. The third-order valence-corrected chi connectivity index (χ3v) is 5.55. The predicted molar refractivity (Wildman–Crippen MR) is 116 cm³/mol. The number of anilines is 1. The highest BCUT2D eigenvalue weighted by atomic mass is 32.1. The predicted octanol–water partition coefficient (Wildman–Crippen LogP) is 3.67. The standard InChI is InChI=1S/C22H29N3O2S/c1-22(2)14-17(23-11-7-13-25-12-6-10-19(25)27)20(18(26)15-22)21(28)24-16-8-4-3-5-9-16/h3-5,8-9,23H,6-7,10-15H2,1-2H3,(H,24,28). The molecule has 2 aliphatic rings. The third-order valence-electron chi connectivity index (χ3n) is 5.25. The number of ketones is 1. The summed E-state index contributed by atoms with van der Waals surface area (Å²) >= 11 is 5.58. The molecule has 5 nitrogen and oxygen atoms in total. The molecule has 0 atom stereocenters. The number of para-hydroxylation sites is 1. The Kier molecular flexibility index (Phi) is 6.50. The number of nitrogens with zero attached hydrogens (tertiary/aromatic N) is 1. The second-order valence-corrected chi connectivity index (χ2v) is 8.79. The minimum atomic E-state index is -0.0871. The lowest BCUT2D eigenvalue weighted by atomic mass is 9.75. The highest BCUT2D eigenvalue weighted by Gasteiger charge is 2.34. The van der Waals surface area contributed by atoms with Crippen molar-refractivity contribution in [1.29, 1.82) is 0 Å². The summed E-state index contributed by atoms with van der Waals surface area (Å²) in [5, 5.41) is 6.66. The van der Waals surface area contributed by atoms with Gasteiger partial charge in [-0.05, 0) is 36.8 Å². The van der Waals surface area contributed by atoms with Crippen LogP contribution in [0.4, 0.5) is 5.69 Å². The Hall–Kier alpha value is -2.21. The molecule has 1 fully saturated rings. The van der Waals surface area contributed by atoms with E-state index >= 15 is 0 Å². The lowest BCUT2D eigenvalue weighted by molar-refractivity contribution is -0.127. The van der Waals surface area contributed by atoms with Crippen LogP contribution >= 0.6 is 12.2 Å². The van der Waals surface area contributed by atoms with Crippen molar-refractivity contribution in [3.8, 4) is 0 Å². The first kappa shape index (κ1) is 20.5. The summed E-state index contributed by atoms with van der Waals surface area (Å²) in [6.07, 6.45) is 3.77. The van der Waals surface area contributed by atoms with Gasteiger partial charge in [0.15, 0.2) is 5.78 Å². The normalized spacial score (nSPS) is 19.1. The van der Waals surface area contributed by atoms with Crippen LogP contribution in [-0.4, -0.2) is 41.2 Å². The van der Waals surface area contributed by atoms with E-state index in [1.165, 1.54) is 0 Å². The number of hydrogen-bond donors (Lipinski definition) is 2. The number of rotatable bonds is 7. The van der Waals surface area contributed by atoms with E-state index in [-0.39, 0.29) is 17.1 Å². The van der Waals surface area contributed by atoms with Crippen LogP contribution in [0, 0.1) is 5.41 Å². The van der Waals surface area contributed by atoms with E-state index in [0.29, 0.717) is 23.4 Å². The number of likely N-dealkylation sites (tertiary alicyclic amines) is 1. The molecule has 0 unspecified atom stereocenters. The number of carbonyl (C=O) groups excluding carboxylic acids is 2. The zero-order valence-electron chi connectivity index (χ0n) is 16.7. The van der Waals surface area contributed by atoms with Crippen molar-refractivity contribution in [3.63, 3.8) is 0 Å². The number of hydrogen-bond acceptors (Lipinski definition) is 4. The average Bonchev–Trinajstić information content (AvgIpc) is 3.03. The van der Waals surface area contributed by atoms with Gasteiger partial charge in [-0.1, -0.05) is 44.3 Å². The Morgan fingerprint density at radius 3 is 2.61 bits per heavy atom. The summed E-state index contributed by atoms with van der Waals surface area (Å²) < 4.78 is 0. The van der Waals surface area contributed by atoms with E-state index in [1.807, 2.05) is 35.2 Å². The molecule has 0 bridgehead atoms. The molecule has 1 amide bonds. The van der Waals surface area contributed by atoms with Gasteiger partial charge in [0.2, 0.25) is 5.91 Å². The molecule has 3 rings (SSSR count). The first-order valence-electron chi connectivity index (χ1n) is 10.0. The maximum Gasteiger partial charge on any atom is 0.222 e. The van der Waals surface area contributed by atoms with E-state index < -0.39 is 0 Å². The highest BCUT2D eigenvalue weighted by Crippen LogP contribution is 2.36. The molecule has 1 saturated heterocycles. The Bertz CT molecular complexity index is 786. The number of Topliss-reactive ketones (excluding diaryl/α,β-unsaturated/α-hetero) is 1. The van der Waals surface area contributed by atoms with Crippen molar-refractivity contribution in [2.45, 2.75) is 46.0 Å². The number of carbonyl (C=O) groups is 2. The summed E-state index contributed by atoms with van der Waals surface area (Å²) in [6, 6.07) is 9.68. The highest BCUT2D eigenvalue weighted by molar-refractivity contribution is 7.81. The van der Waals surface area contributed by atoms with Crippen molar-refractivity contribution >= 4 is 34.6 Å². The minimum absolute atomic E-state index is 0.0851. The largest absolute Gasteiger partial charge is 0.388 e. The second-order valence-electron chi connectivity index (χ2n) is 8.38. The van der Waals surface area contributed by atoms with Crippen molar-refractivity contribution < 1.29 is 9.59 Å². The minimum Gasteiger partial charge on any atom is -0.388 e. The first-order chi connectivity index (χ1) is 13.4. The van der Waals surface area contributed by atoms with Gasteiger partial charge in [-0.25, -0.2) is 0 Å². The molecule has 1 aliphatic heterocycles. The number of benzene rings is 1. The molecular weight excluding hydrogens is 370 g/mol. The molecule has 0 spiro atoms. The number of thiocarbonyl (C=S) groups is 1. The molecule has 0 radical (unpaired) electrons. The summed E-state index contributed by atoms with van der Waals surface area (Å²) in [6.45, 7) is 6.57. The summed E-state index contributed by atoms with van der Waals surface area (Å²) in [5.74, 6) is 0.337. The molecule has 1 aromatic carbocycles. The Labute approximate surface area is 172 Å². The van der Waals surface area contributed by atoms with E-state index in [4.69, 9.17) is 12.2 Å². The van der Waals surface area contributed by atoms with Crippen LogP contribution in [0.2, 0.25) is 0 Å². The molecule has 28 heavy (non-hydrogen) atoms. The van der Waals surface area contributed by atoms with Gasteiger partial charge in [0.1, 0.15) is 4.99 Å². The molecular formula is C22H29N3O2S. The zero-order chi connectivity index (χ0) is 20.1. The van der Waals surface area contributed by atoms with E-state index in [9.17, 15) is 9.59 Å². The van der Waals surface area contributed by atoms with E-state index in [2.05, 4.69) is 24.5 Å². The molecule has 150 valence electrons. The smallest absolute Gasteiger partial charge is 0.222 e.